The molecule has 3 aromatic heterocycles. The molecule has 2 N–H and O–H groups in total. The molecule has 0 saturated heterocycles. The van der Waals surface area contributed by atoms with Gasteiger partial charge in [0.05, 0.1) is 30.0 Å². The summed E-state index contributed by atoms with van der Waals surface area (Å²) in [4.78, 5) is 7.99. The minimum atomic E-state index is -0.406. The maximum absolute atomic E-state index is 13.1. The van der Waals surface area contributed by atoms with E-state index >= 15 is 0 Å². The number of nitrogens with two attached hydrogens (primary N) is 1. The van der Waals surface area contributed by atoms with E-state index in [4.69, 9.17) is 5.73 Å². The normalized spacial score (nSPS) is 10.6. The van der Waals surface area contributed by atoms with Crippen molar-refractivity contribution in [3.8, 4) is 16.9 Å². The van der Waals surface area contributed by atoms with Crippen LogP contribution in [0.3, 0.4) is 0 Å². The number of halogens is 1. The topological polar surface area (TPSA) is 69.6 Å². The van der Waals surface area contributed by atoms with E-state index in [1.165, 1.54) is 16.9 Å². The second kappa shape index (κ2) is 4.49. The number of nitrogens with zero attached hydrogens (tertiary/aromatic N) is 4. The molecule has 0 unspecified atom stereocenters. The van der Waals surface area contributed by atoms with Gasteiger partial charge >= 0.3 is 0 Å². The Balaban J connectivity index is 2.00. The van der Waals surface area contributed by atoms with Crippen LogP contribution >= 0.6 is 0 Å². The lowest BCUT2D eigenvalue weighted by molar-refractivity contribution is 0.618. The quantitative estimate of drug-likeness (QED) is 0.760. The van der Waals surface area contributed by atoms with Crippen molar-refractivity contribution in [2.45, 2.75) is 0 Å². The van der Waals surface area contributed by atoms with Crippen molar-refractivity contribution in [2.24, 2.45) is 0 Å². The average Bonchev–Trinajstić information content (AvgIpc) is 2.88. The molecule has 0 spiro atoms. The van der Waals surface area contributed by atoms with Crippen LogP contribution in [0.4, 0.5) is 10.2 Å². The molecule has 0 bridgehead atoms. The summed E-state index contributed by atoms with van der Waals surface area (Å²) in [5.41, 5.74) is 7.71. The van der Waals surface area contributed by atoms with Crippen LogP contribution in [0.1, 0.15) is 0 Å². The Hall–Kier alpha value is -2.76. The van der Waals surface area contributed by atoms with Crippen molar-refractivity contribution >= 4 is 5.82 Å². The molecule has 0 aliphatic heterocycles. The van der Waals surface area contributed by atoms with E-state index in [1.54, 1.807) is 18.5 Å². The monoisotopic (exact) mass is 255 g/mol. The third kappa shape index (κ3) is 2.28. The van der Waals surface area contributed by atoms with Gasteiger partial charge in [0.15, 0.2) is 0 Å². The van der Waals surface area contributed by atoms with Gasteiger partial charge < -0.3 is 5.73 Å². The lowest BCUT2D eigenvalue weighted by atomic mass is 10.2. The summed E-state index contributed by atoms with van der Waals surface area (Å²) < 4.78 is 14.6. The van der Waals surface area contributed by atoms with Gasteiger partial charge in [0.1, 0.15) is 11.6 Å². The Bertz CT molecular complexity index is 662. The minimum absolute atomic E-state index is 0.406. The summed E-state index contributed by atoms with van der Waals surface area (Å²) in [5.74, 6) is 0.0364. The molecule has 3 aromatic rings. The molecule has 3 rings (SSSR count). The van der Waals surface area contributed by atoms with E-state index in [0.29, 0.717) is 11.5 Å². The van der Waals surface area contributed by atoms with Crippen LogP contribution in [0.5, 0.6) is 0 Å². The van der Waals surface area contributed by atoms with Gasteiger partial charge in [-0.05, 0) is 12.1 Å². The van der Waals surface area contributed by atoms with Crippen molar-refractivity contribution in [3.63, 3.8) is 0 Å². The summed E-state index contributed by atoms with van der Waals surface area (Å²) in [5, 5.41) is 4.16. The molecular formula is C13H10FN5. The predicted molar refractivity (Wildman–Crippen MR) is 69.0 cm³/mol. The van der Waals surface area contributed by atoms with E-state index in [0.717, 1.165) is 17.5 Å². The number of anilines is 1. The number of pyridine rings is 2. The SMILES string of the molecule is Nc1cccc(-c2cnn(-c3cncc(F)c3)c2)n1. The van der Waals surface area contributed by atoms with Gasteiger partial charge in [-0.2, -0.15) is 5.10 Å². The van der Waals surface area contributed by atoms with Crippen molar-refractivity contribution in [3.05, 3.63) is 54.9 Å². The molecule has 0 aromatic carbocycles. The highest BCUT2D eigenvalue weighted by atomic mass is 19.1. The minimum Gasteiger partial charge on any atom is -0.384 e. The number of hydrogen-bond acceptors (Lipinski definition) is 4. The molecule has 0 fully saturated rings. The van der Waals surface area contributed by atoms with Crippen molar-refractivity contribution < 1.29 is 4.39 Å². The number of rotatable bonds is 2. The largest absolute Gasteiger partial charge is 0.384 e. The highest BCUT2D eigenvalue weighted by molar-refractivity contribution is 5.59. The Morgan fingerprint density at radius 1 is 1.16 bits per heavy atom. The summed E-state index contributed by atoms with van der Waals surface area (Å²) in [6, 6.07) is 6.72. The van der Waals surface area contributed by atoms with Gasteiger partial charge in [-0.25, -0.2) is 14.1 Å². The van der Waals surface area contributed by atoms with Gasteiger partial charge in [-0.15, -0.1) is 0 Å². The van der Waals surface area contributed by atoms with Gasteiger partial charge in [-0.3, -0.25) is 4.98 Å². The Labute approximate surface area is 108 Å². The highest BCUT2D eigenvalue weighted by Gasteiger charge is 2.05. The Kier molecular flexibility index (Phi) is 2.68. The zero-order chi connectivity index (χ0) is 13.2. The van der Waals surface area contributed by atoms with Crippen LogP contribution in [0.25, 0.3) is 16.9 Å². The first-order valence-electron chi connectivity index (χ1n) is 5.61. The van der Waals surface area contributed by atoms with Crippen molar-refractivity contribution in [1.29, 1.82) is 0 Å². The van der Waals surface area contributed by atoms with Crippen LogP contribution in [-0.4, -0.2) is 19.7 Å². The van der Waals surface area contributed by atoms with Gasteiger partial charge in [0.25, 0.3) is 0 Å². The molecule has 3 heterocycles. The second-order valence-corrected chi connectivity index (χ2v) is 3.98. The van der Waals surface area contributed by atoms with Crippen LogP contribution < -0.4 is 5.73 Å². The molecule has 19 heavy (non-hydrogen) atoms. The van der Waals surface area contributed by atoms with Crippen LogP contribution in [-0.2, 0) is 0 Å². The maximum Gasteiger partial charge on any atom is 0.143 e. The molecule has 94 valence electrons. The number of aromatic nitrogens is 4. The fraction of sp³-hybridized carbons (Fsp3) is 0. The molecular weight excluding hydrogens is 245 g/mol. The third-order valence-electron chi connectivity index (χ3n) is 2.60. The first-order valence-corrected chi connectivity index (χ1v) is 5.61. The van der Waals surface area contributed by atoms with Crippen molar-refractivity contribution in [1.82, 2.24) is 19.7 Å². The Morgan fingerprint density at radius 3 is 2.84 bits per heavy atom. The fourth-order valence-corrected chi connectivity index (χ4v) is 1.73. The predicted octanol–water partition coefficient (Wildman–Crippen LogP) is 2.05. The summed E-state index contributed by atoms with van der Waals surface area (Å²) in [6.07, 6.45) is 6.07. The third-order valence-corrected chi connectivity index (χ3v) is 2.60. The second-order valence-electron chi connectivity index (χ2n) is 3.98. The molecule has 5 nitrogen and oxygen atoms in total. The van der Waals surface area contributed by atoms with E-state index in [2.05, 4.69) is 15.1 Å². The molecule has 0 saturated carbocycles. The lowest BCUT2D eigenvalue weighted by Crippen LogP contribution is -1.95. The molecule has 0 aliphatic carbocycles. The smallest absolute Gasteiger partial charge is 0.143 e. The van der Waals surface area contributed by atoms with Crippen LogP contribution in [0.15, 0.2) is 49.1 Å². The van der Waals surface area contributed by atoms with E-state index < -0.39 is 5.82 Å². The molecule has 0 radical (unpaired) electrons. The first-order chi connectivity index (χ1) is 9.22. The lowest BCUT2D eigenvalue weighted by Gasteiger charge is -2.00. The molecule has 0 amide bonds. The van der Waals surface area contributed by atoms with Crippen molar-refractivity contribution in [2.75, 3.05) is 5.73 Å². The standard InChI is InChI=1S/C13H10FN5/c14-10-4-11(7-16-6-10)19-8-9(5-17-19)12-2-1-3-13(15)18-12/h1-8H,(H2,15,18). The van der Waals surface area contributed by atoms with Crippen LogP contribution in [0, 0.1) is 5.82 Å². The molecule has 0 atom stereocenters. The van der Waals surface area contributed by atoms with E-state index in [-0.39, 0.29) is 0 Å². The van der Waals surface area contributed by atoms with Gasteiger partial charge in [0, 0.05) is 17.8 Å². The van der Waals surface area contributed by atoms with Gasteiger partial charge in [0.2, 0.25) is 0 Å². The van der Waals surface area contributed by atoms with Gasteiger partial charge in [-0.1, -0.05) is 6.07 Å². The molecule has 6 heteroatoms. The highest BCUT2D eigenvalue weighted by Crippen LogP contribution is 2.18. The maximum atomic E-state index is 13.1. The van der Waals surface area contributed by atoms with E-state index in [9.17, 15) is 4.39 Å². The Morgan fingerprint density at radius 2 is 2.05 bits per heavy atom. The average molecular weight is 255 g/mol. The van der Waals surface area contributed by atoms with E-state index in [1.807, 2.05) is 12.1 Å². The van der Waals surface area contributed by atoms with Crippen LogP contribution in [0.2, 0.25) is 0 Å². The number of hydrogen-bond donors (Lipinski definition) is 1. The zero-order valence-corrected chi connectivity index (χ0v) is 9.86. The number of nitrogen functional groups attached to an aromatic ring is 1. The first kappa shape index (κ1) is 11.3. The summed E-state index contributed by atoms with van der Waals surface area (Å²) in [6.45, 7) is 0. The summed E-state index contributed by atoms with van der Waals surface area (Å²) >= 11 is 0. The fourth-order valence-electron chi connectivity index (χ4n) is 1.73. The molecule has 0 aliphatic rings. The summed E-state index contributed by atoms with van der Waals surface area (Å²) in [7, 11) is 0. The zero-order valence-electron chi connectivity index (χ0n) is 9.86.